The van der Waals surface area contributed by atoms with Crippen molar-refractivity contribution in [1.82, 2.24) is 9.55 Å². The zero-order chi connectivity index (χ0) is 29.0. The van der Waals surface area contributed by atoms with E-state index in [1.165, 1.54) is 24.3 Å². The molecule has 39 heavy (non-hydrogen) atoms. The minimum atomic E-state index is -4.47. The summed E-state index contributed by atoms with van der Waals surface area (Å²) < 4.78 is 70.1. The van der Waals surface area contributed by atoms with Crippen molar-refractivity contribution in [2.24, 2.45) is 5.41 Å². The molecule has 0 aliphatic rings. The first-order valence-corrected chi connectivity index (χ1v) is 14.9. The van der Waals surface area contributed by atoms with Gasteiger partial charge in [0.05, 0.1) is 6.33 Å². The molecule has 208 valence electrons. The van der Waals surface area contributed by atoms with Crippen LogP contribution in [0.3, 0.4) is 0 Å². The van der Waals surface area contributed by atoms with Gasteiger partial charge in [-0.05, 0) is 36.4 Å². The molecule has 0 bridgehead atoms. The Morgan fingerprint density at radius 1 is 0.949 bits per heavy atom. The Morgan fingerprint density at radius 3 is 1.87 bits per heavy atom. The largest absolute Gasteiger partial charge is 0.463 e. The fourth-order valence-corrected chi connectivity index (χ4v) is 5.07. The SMILES string of the molecule is CC(C)(CCl)C(=O)C(Oc1ccc(Cl)cc1)n1ccnc1.O=S(=O)(O)c1cccc2c(S(=O)(=O)O)cccc12. The fraction of sp³-hybridized carbons (Fsp3) is 0.200. The Morgan fingerprint density at radius 2 is 1.46 bits per heavy atom. The van der Waals surface area contributed by atoms with Gasteiger partial charge in [-0.1, -0.05) is 49.7 Å². The van der Waals surface area contributed by atoms with E-state index in [0.717, 1.165) is 12.1 Å². The van der Waals surface area contributed by atoms with E-state index in [1.807, 2.05) is 0 Å². The minimum absolute atomic E-state index is 0.0233. The fourth-order valence-electron chi connectivity index (χ4n) is 3.40. The van der Waals surface area contributed by atoms with Crippen LogP contribution < -0.4 is 4.74 Å². The zero-order valence-electron chi connectivity index (χ0n) is 20.6. The van der Waals surface area contributed by atoms with Crippen LogP contribution in [0, 0.1) is 5.41 Å². The van der Waals surface area contributed by atoms with Gasteiger partial charge in [0.2, 0.25) is 12.0 Å². The molecule has 1 atom stereocenters. The molecule has 3 aromatic carbocycles. The number of nitrogens with zero attached hydrogens (tertiary/aromatic N) is 2. The van der Waals surface area contributed by atoms with Crippen LogP contribution in [-0.2, 0) is 25.0 Å². The van der Waals surface area contributed by atoms with Crippen LogP contribution in [0.2, 0.25) is 5.02 Å². The number of carbonyl (C=O) groups excluding carboxylic acids is 1. The van der Waals surface area contributed by atoms with E-state index in [-0.39, 0.29) is 22.4 Å². The van der Waals surface area contributed by atoms with Crippen LogP contribution in [0.15, 0.2) is 89.2 Å². The number of ether oxygens (including phenoxy) is 1. The highest BCUT2D eigenvalue weighted by Gasteiger charge is 2.35. The Bertz CT molecular complexity index is 1600. The normalized spacial score (nSPS) is 12.9. The number of Topliss-reactive ketones (excluding diaryl/α,β-unsaturated/α-hetero) is 1. The third-order valence-electron chi connectivity index (χ3n) is 5.48. The Labute approximate surface area is 235 Å². The summed E-state index contributed by atoms with van der Waals surface area (Å²) in [6.45, 7) is 3.58. The summed E-state index contributed by atoms with van der Waals surface area (Å²) in [5, 5.41) is 0.652. The number of benzene rings is 3. The van der Waals surface area contributed by atoms with Crippen molar-refractivity contribution in [3.05, 3.63) is 84.4 Å². The molecule has 10 nitrogen and oxygen atoms in total. The molecule has 2 N–H and O–H groups in total. The highest BCUT2D eigenvalue weighted by Crippen LogP contribution is 2.29. The van der Waals surface area contributed by atoms with Gasteiger partial charge in [-0.25, -0.2) is 4.98 Å². The van der Waals surface area contributed by atoms with E-state index in [2.05, 4.69) is 4.98 Å². The maximum Gasteiger partial charge on any atom is 0.295 e. The van der Waals surface area contributed by atoms with Crippen LogP contribution in [-0.4, -0.2) is 47.2 Å². The van der Waals surface area contributed by atoms with E-state index in [9.17, 15) is 21.6 Å². The average molecular weight is 616 g/mol. The van der Waals surface area contributed by atoms with E-state index in [4.69, 9.17) is 37.0 Å². The molecule has 0 saturated carbocycles. The van der Waals surface area contributed by atoms with E-state index >= 15 is 0 Å². The molecule has 0 radical (unpaired) electrons. The maximum atomic E-state index is 12.7. The molecule has 4 rings (SSSR count). The van der Waals surface area contributed by atoms with Crippen LogP contribution in [0.25, 0.3) is 10.8 Å². The van der Waals surface area contributed by atoms with E-state index < -0.39 is 41.7 Å². The summed E-state index contributed by atoms with van der Waals surface area (Å²) in [6.07, 6.45) is 4.01. The number of carbonyl (C=O) groups is 1. The van der Waals surface area contributed by atoms with Gasteiger partial charge in [-0.3, -0.25) is 18.5 Å². The summed E-state index contributed by atoms with van der Waals surface area (Å²) in [7, 11) is -8.94. The molecule has 1 aromatic heterocycles. The Kier molecular flexibility index (Phi) is 9.42. The van der Waals surface area contributed by atoms with Crippen molar-refractivity contribution in [3.8, 4) is 5.75 Å². The molecule has 0 amide bonds. The molecule has 1 heterocycles. The van der Waals surface area contributed by atoms with E-state index in [0.29, 0.717) is 10.8 Å². The number of alkyl halides is 1. The summed E-state index contributed by atoms with van der Waals surface area (Å²) in [5.74, 6) is 0.642. The first-order valence-electron chi connectivity index (χ1n) is 11.1. The molecular formula is C25H24Cl2N2O8S2. The van der Waals surface area contributed by atoms with Crippen LogP contribution >= 0.6 is 23.2 Å². The van der Waals surface area contributed by atoms with Crippen LogP contribution in [0.5, 0.6) is 5.75 Å². The number of hydrogen-bond donors (Lipinski definition) is 2. The molecule has 0 fully saturated rings. The number of halogens is 2. The van der Waals surface area contributed by atoms with Gasteiger partial charge in [0.15, 0.2) is 0 Å². The van der Waals surface area contributed by atoms with Gasteiger partial charge < -0.3 is 4.74 Å². The highest BCUT2D eigenvalue weighted by molar-refractivity contribution is 7.86. The van der Waals surface area contributed by atoms with Crippen molar-refractivity contribution in [2.75, 3.05) is 5.88 Å². The van der Waals surface area contributed by atoms with E-state index in [1.54, 1.807) is 61.4 Å². The average Bonchev–Trinajstić information content (AvgIpc) is 3.41. The second-order valence-electron chi connectivity index (χ2n) is 8.87. The number of rotatable bonds is 8. The predicted octanol–water partition coefficient (Wildman–Crippen LogP) is 5.28. The highest BCUT2D eigenvalue weighted by atomic mass is 35.5. The third-order valence-corrected chi connectivity index (χ3v) is 8.22. The first-order chi connectivity index (χ1) is 18.1. The van der Waals surface area contributed by atoms with Crippen molar-refractivity contribution < 1.29 is 35.5 Å². The molecule has 4 aromatic rings. The topological polar surface area (TPSA) is 153 Å². The van der Waals surface area contributed by atoms with Crippen LogP contribution in [0.4, 0.5) is 0 Å². The Hall–Kier alpha value is -3.00. The molecular weight excluding hydrogens is 591 g/mol. The molecule has 14 heteroatoms. The lowest BCUT2D eigenvalue weighted by Gasteiger charge is -2.27. The summed E-state index contributed by atoms with van der Waals surface area (Å²) in [6, 6.07) is 14.4. The van der Waals surface area contributed by atoms with Gasteiger partial charge in [0.25, 0.3) is 20.2 Å². The van der Waals surface area contributed by atoms with Gasteiger partial charge >= 0.3 is 0 Å². The molecule has 0 saturated heterocycles. The zero-order valence-corrected chi connectivity index (χ0v) is 23.7. The predicted molar refractivity (Wildman–Crippen MR) is 146 cm³/mol. The van der Waals surface area contributed by atoms with Gasteiger partial charge in [-0.2, -0.15) is 16.8 Å². The number of hydrogen-bond acceptors (Lipinski definition) is 7. The van der Waals surface area contributed by atoms with Crippen molar-refractivity contribution in [1.29, 1.82) is 0 Å². The number of fused-ring (bicyclic) bond motifs is 1. The minimum Gasteiger partial charge on any atom is -0.463 e. The van der Waals surface area contributed by atoms with Crippen molar-refractivity contribution in [3.63, 3.8) is 0 Å². The third kappa shape index (κ3) is 7.56. The molecule has 1 unspecified atom stereocenters. The van der Waals surface area contributed by atoms with Gasteiger partial charge in [-0.15, -0.1) is 11.6 Å². The Balaban J connectivity index is 0.000000218. The number of ketones is 1. The second-order valence-corrected chi connectivity index (χ2v) is 12.4. The van der Waals surface area contributed by atoms with Crippen LogP contribution in [0.1, 0.15) is 20.1 Å². The molecule has 0 spiro atoms. The number of aromatic nitrogens is 2. The van der Waals surface area contributed by atoms with Crippen molar-refractivity contribution in [2.45, 2.75) is 29.9 Å². The quantitative estimate of drug-likeness (QED) is 0.199. The molecule has 0 aliphatic heterocycles. The standard InChI is InChI=1S/C15H16Cl2N2O2.C10H8O6S2/c1-15(2,9-16)13(20)14(19-8-7-18-10-19)21-12-5-3-11(17)4-6-12;11-17(12,13)9-5-1-3-7-8(9)4-2-6-10(7)18(14,15)16/h3-8,10,14H,9H2,1-2H3;1-6H,(H,11,12,13)(H,14,15,16). The second kappa shape index (κ2) is 12.0. The lowest BCUT2D eigenvalue weighted by Crippen LogP contribution is -2.36. The lowest BCUT2D eigenvalue weighted by atomic mass is 9.89. The lowest BCUT2D eigenvalue weighted by molar-refractivity contribution is -0.137. The maximum absolute atomic E-state index is 12.7. The van der Waals surface area contributed by atoms with Gasteiger partial charge in [0, 0.05) is 39.5 Å². The van der Waals surface area contributed by atoms with Gasteiger partial charge in [0.1, 0.15) is 15.5 Å². The number of imidazole rings is 1. The smallest absolute Gasteiger partial charge is 0.295 e. The molecule has 0 aliphatic carbocycles. The van der Waals surface area contributed by atoms with Crippen molar-refractivity contribution >= 4 is 60.0 Å². The summed E-state index contributed by atoms with van der Waals surface area (Å²) in [5.41, 5.74) is -0.705. The monoisotopic (exact) mass is 614 g/mol. The first kappa shape index (κ1) is 30.5. The summed E-state index contributed by atoms with van der Waals surface area (Å²) in [4.78, 5) is 15.8. The summed E-state index contributed by atoms with van der Waals surface area (Å²) >= 11 is 11.7.